The van der Waals surface area contributed by atoms with Crippen molar-refractivity contribution in [3.63, 3.8) is 0 Å². The van der Waals surface area contributed by atoms with Gasteiger partial charge in [0.1, 0.15) is 11.9 Å². The van der Waals surface area contributed by atoms with Crippen LogP contribution in [0.25, 0.3) is 10.9 Å². The lowest BCUT2D eigenvalue weighted by molar-refractivity contribution is 0.204. The van der Waals surface area contributed by atoms with E-state index in [9.17, 15) is 5.26 Å². The molecule has 4 nitrogen and oxygen atoms in total. The highest BCUT2D eigenvalue weighted by Gasteiger charge is 2.15. The Morgan fingerprint density at radius 2 is 2.10 bits per heavy atom. The predicted molar refractivity (Wildman–Crippen MR) is 85.4 cm³/mol. The van der Waals surface area contributed by atoms with E-state index < -0.39 is 0 Å². The quantitative estimate of drug-likeness (QED) is 0.816. The van der Waals surface area contributed by atoms with Crippen LogP contribution in [0.15, 0.2) is 30.3 Å². The summed E-state index contributed by atoms with van der Waals surface area (Å²) < 4.78 is 5.18. The molecule has 0 aliphatic rings. The van der Waals surface area contributed by atoms with Crippen molar-refractivity contribution in [3.05, 3.63) is 35.9 Å². The Balaban J connectivity index is 2.46. The Kier molecular flexibility index (Phi) is 5.13. The molecule has 0 saturated carbocycles. The van der Waals surface area contributed by atoms with E-state index in [0.29, 0.717) is 18.1 Å². The molecule has 4 heteroatoms. The van der Waals surface area contributed by atoms with Crippen molar-refractivity contribution >= 4 is 16.7 Å². The first-order valence-electron chi connectivity index (χ1n) is 7.19. The van der Waals surface area contributed by atoms with E-state index >= 15 is 0 Å². The molecule has 0 saturated heterocycles. The number of fused-ring (bicyclic) bond motifs is 1. The molecule has 0 spiro atoms. The Morgan fingerprint density at radius 1 is 1.33 bits per heavy atom. The summed E-state index contributed by atoms with van der Waals surface area (Å²) in [6.45, 7) is 6.52. The summed E-state index contributed by atoms with van der Waals surface area (Å²) in [4.78, 5) is 6.84. The number of ether oxygens (including phenoxy) is 1. The fourth-order valence-electron chi connectivity index (χ4n) is 2.36. The van der Waals surface area contributed by atoms with E-state index in [2.05, 4.69) is 24.8 Å². The Bertz CT molecular complexity index is 646. The highest BCUT2D eigenvalue weighted by molar-refractivity contribution is 5.83. The average molecular weight is 283 g/mol. The molecule has 0 atom stereocenters. The van der Waals surface area contributed by atoms with E-state index in [1.54, 1.807) is 7.11 Å². The molecule has 1 heterocycles. The van der Waals surface area contributed by atoms with Crippen LogP contribution in [-0.2, 0) is 4.74 Å². The normalized spacial score (nSPS) is 10.8. The minimum Gasteiger partial charge on any atom is -0.383 e. The zero-order chi connectivity index (χ0) is 15.2. The first-order chi connectivity index (χ1) is 10.2. The third-order valence-corrected chi connectivity index (χ3v) is 3.27. The number of anilines is 1. The Labute approximate surface area is 126 Å². The minimum absolute atomic E-state index is 0.488. The van der Waals surface area contributed by atoms with Crippen LogP contribution in [0.2, 0.25) is 0 Å². The number of nitriles is 1. The van der Waals surface area contributed by atoms with Gasteiger partial charge in [-0.15, -0.1) is 0 Å². The second-order valence-electron chi connectivity index (χ2n) is 5.50. The summed E-state index contributed by atoms with van der Waals surface area (Å²) in [5.74, 6) is 1.24. The summed E-state index contributed by atoms with van der Waals surface area (Å²) >= 11 is 0. The van der Waals surface area contributed by atoms with Gasteiger partial charge in [-0.25, -0.2) is 4.98 Å². The van der Waals surface area contributed by atoms with Gasteiger partial charge in [0.2, 0.25) is 0 Å². The summed E-state index contributed by atoms with van der Waals surface area (Å²) in [5.41, 5.74) is 1.53. The summed E-state index contributed by atoms with van der Waals surface area (Å²) in [6, 6.07) is 12.1. The molecule has 2 rings (SSSR count). The average Bonchev–Trinajstić information content (AvgIpc) is 2.49. The van der Waals surface area contributed by atoms with Crippen LogP contribution >= 0.6 is 0 Å². The summed E-state index contributed by atoms with van der Waals surface area (Å²) in [5, 5.41) is 10.4. The van der Waals surface area contributed by atoms with Crippen LogP contribution in [0.1, 0.15) is 19.4 Å². The highest BCUT2D eigenvalue weighted by atomic mass is 16.5. The third-order valence-electron chi connectivity index (χ3n) is 3.27. The molecule has 0 fully saturated rings. The number of hydrogen-bond acceptors (Lipinski definition) is 4. The number of para-hydroxylation sites is 1. The molecule has 0 unspecified atom stereocenters. The molecule has 21 heavy (non-hydrogen) atoms. The van der Waals surface area contributed by atoms with Gasteiger partial charge in [0.15, 0.2) is 0 Å². The first-order valence-corrected chi connectivity index (χ1v) is 7.19. The van der Waals surface area contributed by atoms with Gasteiger partial charge in [-0.3, -0.25) is 0 Å². The molecule has 0 bridgehead atoms. The van der Waals surface area contributed by atoms with E-state index in [-0.39, 0.29) is 0 Å². The van der Waals surface area contributed by atoms with Gasteiger partial charge in [0.25, 0.3) is 0 Å². The van der Waals surface area contributed by atoms with Crippen LogP contribution in [0.5, 0.6) is 0 Å². The van der Waals surface area contributed by atoms with Gasteiger partial charge in [-0.1, -0.05) is 32.0 Å². The number of rotatable bonds is 6. The largest absolute Gasteiger partial charge is 0.383 e. The highest BCUT2D eigenvalue weighted by Crippen LogP contribution is 2.23. The molecule has 110 valence electrons. The molecule has 0 amide bonds. The van der Waals surface area contributed by atoms with Gasteiger partial charge >= 0.3 is 0 Å². The number of nitrogens with zero attached hydrogens (tertiary/aromatic N) is 3. The lowest BCUT2D eigenvalue weighted by Gasteiger charge is -2.26. The van der Waals surface area contributed by atoms with Crippen LogP contribution in [0.3, 0.4) is 0 Å². The van der Waals surface area contributed by atoms with E-state index in [4.69, 9.17) is 9.72 Å². The topological polar surface area (TPSA) is 49.1 Å². The predicted octanol–water partition coefficient (Wildman–Crippen LogP) is 3.22. The SMILES string of the molecule is COCCN(CC(C)C)c1nc2ccccc2cc1C#N. The fraction of sp³-hybridized carbons (Fsp3) is 0.412. The first kappa shape index (κ1) is 15.3. The lowest BCUT2D eigenvalue weighted by atomic mass is 10.1. The molecule has 0 aliphatic heterocycles. The number of methoxy groups -OCH3 is 1. The smallest absolute Gasteiger partial charge is 0.147 e. The molecule has 0 N–H and O–H groups in total. The zero-order valence-electron chi connectivity index (χ0n) is 12.8. The number of aromatic nitrogens is 1. The third kappa shape index (κ3) is 3.71. The van der Waals surface area contributed by atoms with Gasteiger partial charge in [0.05, 0.1) is 17.7 Å². The van der Waals surface area contributed by atoms with Crippen molar-refractivity contribution in [1.82, 2.24) is 4.98 Å². The van der Waals surface area contributed by atoms with Crippen molar-refractivity contribution in [2.45, 2.75) is 13.8 Å². The number of hydrogen-bond donors (Lipinski definition) is 0. The molecule has 1 aromatic carbocycles. The van der Waals surface area contributed by atoms with E-state index in [1.165, 1.54) is 0 Å². The molecule has 0 aliphatic carbocycles. The van der Waals surface area contributed by atoms with Gasteiger partial charge in [-0.2, -0.15) is 5.26 Å². The zero-order valence-corrected chi connectivity index (χ0v) is 12.8. The van der Waals surface area contributed by atoms with E-state index in [0.717, 1.165) is 29.8 Å². The van der Waals surface area contributed by atoms with Crippen molar-refractivity contribution in [3.8, 4) is 6.07 Å². The van der Waals surface area contributed by atoms with Crippen molar-refractivity contribution < 1.29 is 4.74 Å². The maximum Gasteiger partial charge on any atom is 0.147 e. The Morgan fingerprint density at radius 3 is 2.76 bits per heavy atom. The molecule has 0 radical (unpaired) electrons. The maximum atomic E-state index is 9.44. The van der Waals surface area contributed by atoms with Crippen molar-refractivity contribution in [2.75, 3.05) is 31.7 Å². The standard InChI is InChI=1S/C17H21N3O/c1-13(2)12-20(8-9-21-3)17-15(11-18)10-14-6-4-5-7-16(14)19-17/h4-7,10,13H,8-9,12H2,1-3H3. The second kappa shape index (κ2) is 7.05. The van der Waals surface area contributed by atoms with Crippen LogP contribution in [0.4, 0.5) is 5.82 Å². The van der Waals surface area contributed by atoms with Crippen molar-refractivity contribution in [1.29, 1.82) is 5.26 Å². The second-order valence-corrected chi connectivity index (χ2v) is 5.50. The fourth-order valence-corrected chi connectivity index (χ4v) is 2.36. The van der Waals surface area contributed by atoms with Crippen LogP contribution < -0.4 is 4.90 Å². The number of benzene rings is 1. The van der Waals surface area contributed by atoms with Crippen molar-refractivity contribution in [2.24, 2.45) is 5.92 Å². The molecular weight excluding hydrogens is 262 g/mol. The maximum absolute atomic E-state index is 9.44. The van der Waals surface area contributed by atoms with Gasteiger partial charge in [0, 0.05) is 25.6 Å². The van der Waals surface area contributed by atoms with Gasteiger partial charge in [-0.05, 0) is 18.1 Å². The van der Waals surface area contributed by atoms with Gasteiger partial charge < -0.3 is 9.64 Å². The van der Waals surface area contributed by atoms with Crippen LogP contribution in [-0.4, -0.2) is 31.8 Å². The summed E-state index contributed by atoms with van der Waals surface area (Å²) in [6.07, 6.45) is 0. The van der Waals surface area contributed by atoms with Crippen LogP contribution in [0, 0.1) is 17.2 Å². The molecule has 2 aromatic rings. The molecular formula is C17H21N3O. The summed E-state index contributed by atoms with van der Waals surface area (Å²) in [7, 11) is 1.69. The molecule has 1 aromatic heterocycles. The minimum atomic E-state index is 0.488. The Hall–Kier alpha value is -2.12. The number of pyridine rings is 1. The monoisotopic (exact) mass is 283 g/mol. The van der Waals surface area contributed by atoms with E-state index in [1.807, 2.05) is 30.3 Å². The lowest BCUT2D eigenvalue weighted by Crippen LogP contribution is -2.32.